The van der Waals surface area contributed by atoms with Gasteiger partial charge in [-0.05, 0) is 31.6 Å². The van der Waals surface area contributed by atoms with Crippen LogP contribution in [-0.4, -0.2) is 100 Å². The number of rotatable bonds is 47. The van der Waals surface area contributed by atoms with Gasteiger partial charge in [0, 0.05) is 6.42 Å². The summed E-state index contributed by atoms with van der Waals surface area (Å²) in [5.41, 5.74) is 0. The van der Waals surface area contributed by atoms with Gasteiger partial charge in [0.25, 0.3) is 0 Å². The average Bonchev–Trinajstić information content (AvgIpc) is 4.13. The molecule has 1 amide bonds. The Labute approximate surface area is 393 Å². The number of carbonyl (C=O) groups is 1. The van der Waals surface area contributed by atoms with Crippen LogP contribution in [0.5, 0.6) is 0 Å². The average molecular weight is 912 g/mol. The van der Waals surface area contributed by atoms with E-state index in [1.165, 1.54) is 186 Å². The molecule has 8 atom stereocenters. The second-order valence-corrected chi connectivity index (χ2v) is 20.2. The lowest BCUT2D eigenvalue weighted by molar-refractivity contribution is -0.309. The van der Waals surface area contributed by atoms with Crippen LogP contribution in [0.1, 0.15) is 264 Å². The first-order valence-electron chi connectivity index (χ1n) is 27.8. The van der Waals surface area contributed by atoms with Crippen molar-refractivity contribution in [3.8, 4) is 0 Å². The number of aliphatic hydroxyl groups is 5. The normalized spacial score (nSPS) is 21.6. The number of amides is 1. The van der Waals surface area contributed by atoms with Crippen LogP contribution in [0.25, 0.3) is 0 Å². The molecule has 1 aliphatic carbocycles. The molecular weight excluding hydrogens is 807 g/mol. The molecule has 0 aromatic rings. The van der Waals surface area contributed by atoms with Crippen molar-refractivity contribution in [1.82, 2.24) is 5.32 Å². The van der Waals surface area contributed by atoms with Gasteiger partial charge in [-0.1, -0.05) is 232 Å². The van der Waals surface area contributed by atoms with Gasteiger partial charge < -0.3 is 45.1 Å². The Morgan fingerprint density at radius 3 is 1.34 bits per heavy atom. The SMILES string of the molecule is CCCCCCCCCCCCCCCCCCCCCCCCCC(=O)N[C@@H](CO[C@H]1O[C@H](CO)[C@H](OCC2CC2)[C@H](O)[C@H]1O)[C@H](O)[C@H](O)CCCCCCCCCCCCCC. The largest absolute Gasteiger partial charge is 0.394 e. The van der Waals surface area contributed by atoms with Gasteiger partial charge in [-0.3, -0.25) is 4.79 Å². The van der Waals surface area contributed by atoms with Gasteiger partial charge in [-0.25, -0.2) is 0 Å². The molecule has 380 valence electrons. The van der Waals surface area contributed by atoms with Gasteiger partial charge in [0.1, 0.15) is 30.5 Å². The Morgan fingerprint density at radius 2 is 0.953 bits per heavy atom. The van der Waals surface area contributed by atoms with E-state index in [1.54, 1.807) is 0 Å². The molecule has 0 aromatic carbocycles. The Bertz CT molecular complexity index is 1030. The van der Waals surface area contributed by atoms with Crippen molar-refractivity contribution >= 4 is 5.91 Å². The summed E-state index contributed by atoms with van der Waals surface area (Å²) in [5.74, 6) is 0.203. The molecule has 1 aliphatic heterocycles. The summed E-state index contributed by atoms with van der Waals surface area (Å²) >= 11 is 0. The molecule has 0 radical (unpaired) electrons. The molecule has 0 spiro atoms. The van der Waals surface area contributed by atoms with Crippen LogP contribution < -0.4 is 5.32 Å². The maximum atomic E-state index is 13.2. The zero-order valence-corrected chi connectivity index (χ0v) is 41.8. The van der Waals surface area contributed by atoms with Gasteiger partial charge >= 0.3 is 0 Å². The Kier molecular flexibility index (Phi) is 38.1. The van der Waals surface area contributed by atoms with Crippen LogP contribution in [-0.2, 0) is 19.0 Å². The topological polar surface area (TPSA) is 158 Å². The Morgan fingerprint density at radius 1 is 0.562 bits per heavy atom. The number of nitrogens with one attached hydrogen (secondary N) is 1. The summed E-state index contributed by atoms with van der Waals surface area (Å²) in [4.78, 5) is 13.2. The van der Waals surface area contributed by atoms with Crippen LogP contribution in [0.2, 0.25) is 0 Å². The van der Waals surface area contributed by atoms with Gasteiger partial charge in [0.15, 0.2) is 6.29 Å². The molecule has 1 saturated carbocycles. The summed E-state index contributed by atoms with van der Waals surface area (Å²) < 4.78 is 17.6. The molecule has 0 aromatic heterocycles. The summed E-state index contributed by atoms with van der Waals surface area (Å²) in [6.07, 6.45) is 39.3. The van der Waals surface area contributed by atoms with Crippen molar-refractivity contribution in [2.75, 3.05) is 19.8 Å². The van der Waals surface area contributed by atoms with Gasteiger partial charge in [0.05, 0.1) is 32.0 Å². The van der Waals surface area contributed by atoms with Crippen LogP contribution in [0, 0.1) is 5.92 Å². The van der Waals surface area contributed by atoms with E-state index < -0.39 is 55.6 Å². The third-order valence-corrected chi connectivity index (χ3v) is 14.0. The molecule has 10 heteroatoms. The maximum Gasteiger partial charge on any atom is 0.220 e. The minimum atomic E-state index is -1.46. The van der Waals surface area contributed by atoms with Crippen LogP contribution >= 0.6 is 0 Å². The fourth-order valence-electron chi connectivity index (χ4n) is 9.34. The molecule has 0 bridgehead atoms. The number of hydrogen-bond donors (Lipinski definition) is 6. The van der Waals surface area contributed by atoms with Crippen LogP contribution in [0.4, 0.5) is 0 Å². The number of carbonyl (C=O) groups excluding carboxylic acids is 1. The zero-order valence-electron chi connectivity index (χ0n) is 41.8. The van der Waals surface area contributed by atoms with Crippen LogP contribution in [0.3, 0.4) is 0 Å². The predicted octanol–water partition coefficient (Wildman–Crippen LogP) is 11.9. The summed E-state index contributed by atoms with van der Waals surface area (Å²) in [7, 11) is 0. The lowest BCUT2D eigenvalue weighted by atomic mass is 9.98. The predicted molar refractivity (Wildman–Crippen MR) is 262 cm³/mol. The molecule has 10 nitrogen and oxygen atoms in total. The number of hydrogen-bond acceptors (Lipinski definition) is 9. The molecular formula is C54H105NO9. The van der Waals surface area contributed by atoms with E-state index in [1.807, 2.05) is 0 Å². The van der Waals surface area contributed by atoms with E-state index in [0.29, 0.717) is 25.4 Å². The van der Waals surface area contributed by atoms with E-state index in [0.717, 1.165) is 51.4 Å². The third kappa shape index (κ3) is 30.5. The van der Waals surface area contributed by atoms with Crippen molar-refractivity contribution in [1.29, 1.82) is 0 Å². The Hall–Kier alpha value is -0.850. The first-order valence-corrected chi connectivity index (χ1v) is 27.8. The molecule has 2 rings (SSSR count). The zero-order chi connectivity index (χ0) is 46.3. The molecule has 0 unspecified atom stereocenters. The highest BCUT2D eigenvalue weighted by molar-refractivity contribution is 5.76. The first kappa shape index (κ1) is 59.3. The highest BCUT2D eigenvalue weighted by Crippen LogP contribution is 2.32. The lowest BCUT2D eigenvalue weighted by Crippen LogP contribution is -2.61. The number of unbranched alkanes of at least 4 members (excludes halogenated alkanes) is 33. The van der Waals surface area contributed by atoms with Crippen molar-refractivity contribution in [2.45, 2.75) is 313 Å². The standard InChI is InChI=1S/C54H105NO9/c1-3-5-7-9-11-13-15-17-18-19-20-21-22-23-24-25-26-27-29-31-33-35-37-39-49(58)55-46(50(59)47(57)38-36-34-32-30-28-16-14-12-10-8-6-4-2)44-63-54-52(61)51(60)53(48(42-56)64-54)62-43-45-40-41-45/h45-48,50-54,56-57,59-61H,3-44H2,1-2H3,(H,55,58)/t46-,47+,48+,50-,51+,52+,53-,54-/m0/s1. The minimum absolute atomic E-state index is 0.222. The minimum Gasteiger partial charge on any atom is -0.394 e. The summed E-state index contributed by atoms with van der Waals surface area (Å²) in [6, 6.07) is -0.950. The van der Waals surface area contributed by atoms with Crippen molar-refractivity contribution in [2.24, 2.45) is 5.92 Å². The van der Waals surface area contributed by atoms with Crippen molar-refractivity contribution in [3.63, 3.8) is 0 Å². The second kappa shape index (κ2) is 41.2. The second-order valence-electron chi connectivity index (χ2n) is 20.2. The smallest absolute Gasteiger partial charge is 0.220 e. The fourth-order valence-corrected chi connectivity index (χ4v) is 9.34. The van der Waals surface area contributed by atoms with Crippen molar-refractivity contribution < 1.29 is 44.5 Å². The van der Waals surface area contributed by atoms with Gasteiger partial charge in [-0.15, -0.1) is 0 Å². The number of ether oxygens (including phenoxy) is 3. The molecule has 2 aliphatic rings. The van der Waals surface area contributed by atoms with Crippen molar-refractivity contribution in [3.05, 3.63) is 0 Å². The van der Waals surface area contributed by atoms with E-state index in [2.05, 4.69) is 19.2 Å². The quantitative estimate of drug-likeness (QED) is 0.0327. The van der Waals surface area contributed by atoms with E-state index in [4.69, 9.17) is 14.2 Å². The summed E-state index contributed by atoms with van der Waals surface area (Å²) in [6.45, 7) is 4.28. The molecule has 2 fully saturated rings. The lowest BCUT2D eigenvalue weighted by Gasteiger charge is -2.42. The maximum absolute atomic E-state index is 13.2. The van der Waals surface area contributed by atoms with Gasteiger partial charge in [-0.2, -0.15) is 0 Å². The van der Waals surface area contributed by atoms with E-state index in [9.17, 15) is 30.3 Å². The molecule has 64 heavy (non-hydrogen) atoms. The molecule has 6 N–H and O–H groups in total. The first-order chi connectivity index (χ1) is 31.3. The highest BCUT2D eigenvalue weighted by atomic mass is 16.7. The molecule has 1 saturated heterocycles. The summed E-state index contributed by atoms with van der Waals surface area (Å²) in [5, 5.41) is 57.1. The molecule has 1 heterocycles. The highest BCUT2D eigenvalue weighted by Gasteiger charge is 2.46. The van der Waals surface area contributed by atoms with E-state index >= 15 is 0 Å². The third-order valence-electron chi connectivity index (χ3n) is 14.0. The monoisotopic (exact) mass is 912 g/mol. The van der Waals surface area contributed by atoms with Crippen LogP contribution in [0.15, 0.2) is 0 Å². The Balaban J connectivity index is 1.63. The van der Waals surface area contributed by atoms with Gasteiger partial charge in [0.2, 0.25) is 5.91 Å². The number of aliphatic hydroxyl groups excluding tert-OH is 5. The fraction of sp³-hybridized carbons (Fsp3) is 0.981. The van der Waals surface area contributed by atoms with E-state index in [-0.39, 0.29) is 12.5 Å².